The highest BCUT2D eigenvalue weighted by molar-refractivity contribution is 5.61. The van der Waals surface area contributed by atoms with Crippen molar-refractivity contribution in [1.29, 1.82) is 0 Å². The van der Waals surface area contributed by atoms with E-state index in [-0.39, 0.29) is 6.10 Å². The highest BCUT2D eigenvalue weighted by Crippen LogP contribution is 2.34. The van der Waals surface area contributed by atoms with Crippen molar-refractivity contribution in [3.63, 3.8) is 0 Å². The quantitative estimate of drug-likeness (QED) is 0.496. The van der Waals surface area contributed by atoms with E-state index in [4.69, 9.17) is 18.9 Å². The second-order valence-corrected chi connectivity index (χ2v) is 9.76. The Balaban J connectivity index is 1.20. The van der Waals surface area contributed by atoms with Crippen molar-refractivity contribution >= 4 is 5.69 Å². The Hall–Kier alpha value is -2.28. The third kappa shape index (κ3) is 6.04. The van der Waals surface area contributed by atoms with E-state index < -0.39 is 0 Å². The molecule has 2 heterocycles. The minimum absolute atomic E-state index is 0.150. The van der Waals surface area contributed by atoms with Crippen LogP contribution in [-0.4, -0.2) is 59.2 Å². The summed E-state index contributed by atoms with van der Waals surface area (Å²) in [6, 6.07) is 15.2. The largest absolute Gasteiger partial charge is 0.493 e. The number of piperidine rings is 1. The fraction of sp³-hybridized carbons (Fsp3) is 0.571. The predicted molar refractivity (Wildman–Crippen MR) is 134 cm³/mol. The molecule has 6 nitrogen and oxygen atoms in total. The molecule has 0 amide bonds. The first-order valence-electron chi connectivity index (χ1n) is 12.8. The molecule has 34 heavy (non-hydrogen) atoms. The maximum absolute atomic E-state index is 6.51. The number of benzene rings is 2. The molecule has 2 atom stereocenters. The first-order valence-corrected chi connectivity index (χ1v) is 12.8. The molecule has 6 heteroatoms. The van der Waals surface area contributed by atoms with E-state index in [1.54, 1.807) is 7.11 Å². The van der Waals surface area contributed by atoms with Crippen molar-refractivity contribution in [3.05, 3.63) is 53.6 Å². The molecule has 0 spiro atoms. The number of methoxy groups -OCH3 is 1. The van der Waals surface area contributed by atoms with Crippen LogP contribution in [0, 0.1) is 5.92 Å². The lowest BCUT2D eigenvalue weighted by molar-refractivity contribution is 0.0106. The van der Waals surface area contributed by atoms with E-state index in [9.17, 15) is 0 Å². The molecular weight excluding hydrogens is 428 g/mol. The zero-order valence-corrected chi connectivity index (χ0v) is 20.3. The van der Waals surface area contributed by atoms with E-state index in [2.05, 4.69) is 52.7 Å². The van der Waals surface area contributed by atoms with Crippen LogP contribution in [0.3, 0.4) is 0 Å². The molecule has 3 aliphatic rings. The SMILES string of the molecule is COCCCN1CCOc2ccc(CO[C@H]3CNCC[C@@H]3c3ccc(OCC4CC4)cc3)cc21. The predicted octanol–water partition coefficient (Wildman–Crippen LogP) is 4.37. The summed E-state index contributed by atoms with van der Waals surface area (Å²) in [5, 5.41) is 3.52. The average Bonchev–Trinajstić information content (AvgIpc) is 3.72. The standard InChI is InChI=1S/C28H38N2O4/c1-31-15-2-13-30-14-16-32-27-10-5-22(17-26(27)30)20-34-28-18-29-12-11-25(28)23-6-8-24(9-7-23)33-19-21-3-4-21/h5-10,17,21,25,28-29H,2-4,11-16,18-20H2,1H3/t25-,28+/m1/s1. The minimum Gasteiger partial charge on any atom is -0.493 e. The van der Waals surface area contributed by atoms with Crippen molar-refractivity contribution in [1.82, 2.24) is 5.32 Å². The Morgan fingerprint density at radius 3 is 2.79 bits per heavy atom. The van der Waals surface area contributed by atoms with Gasteiger partial charge in [-0.15, -0.1) is 0 Å². The van der Waals surface area contributed by atoms with Gasteiger partial charge in [0.05, 0.1) is 31.5 Å². The van der Waals surface area contributed by atoms with Gasteiger partial charge in [-0.25, -0.2) is 0 Å². The monoisotopic (exact) mass is 466 g/mol. The molecule has 1 saturated heterocycles. The number of fused-ring (bicyclic) bond motifs is 1. The van der Waals surface area contributed by atoms with E-state index in [0.717, 1.165) is 76.3 Å². The fourth-order valence-corrected chi connectivity index (χ4v) is 4.94. The molecule has 0 aromatic heterocycles. The van der Waals surface area contributed by atoms with Crippen LogP contribution >= 0.6 is 0 Å². The maximum atomic E-state index is 6.51. The van der Waals surface area contributed by atoms with Gasteiger partial charge in [-0.1, -0.05) is 18.2 Å². The fourth-order valence-electron chi connectivity index (χ4n) is 4.94. The Morgan fingerprint density at radius 2 is 1.97 bits per heavy atom. The molecular formula is C28H38N2O4. The van der Waals surface area contributed by atoms with Crippen LogP contribution in [0.15, 0.2) is 42.5 Å². The van der Waals surface area contributed by atoms with Gasteiger partial charge in [0.15, 0.2) is 0 Å². The summed E-state index contributed by atoms with van der Waals surface area (Å²) < 4.78 is 23.6. The number of hydrogen-bond donors (Lipinski definition) is 1. The molecule has 0 radical (unpaired) electrons. The highest BCUT2D eigenvalue weighted by Gasteiger charge is 2.28. The van der Waals surface area contributed by atoms with E-state index in [0.29, 0.717) is 12.5 Å². The summed E-state index contributed by atoms with van der Waals surface area (Å²) in [7, 11) is 1.76. The molecule has 1 N–H and O–H groups in total. The summed E-state index contributed by atoms with van der Waals surface area (Å²) in [6.07, 6.45) is 4.87. The average molecular weight is 467 g/mol. The van der Waals surface area contributed by atoms with Crippen LogP contribution in [0.25, 0.3) is 0 Å². The number of hydrogen-bond acceptors (Lipinski definition) is 6. The van der Waals surface area contributed by atoms with Crippen molar-refractivity contribution in [2.75, 3.05) is 58.0 Å². The molecule has 2 aromatic rings. The zero-order chi connectivity index (χ0) is 23.2. The van der Waals surface area contributed by atoms with E-state index in [1.807, 2.05) is 0 Å². The second-order valence-electron chi connectivity index (χ2n) is 9.76. The van der Waals surface area contributed by atoms with Gasteiger partial charge in [0.2, 0.25) is 0 Å². The molecule has 2 aromatic carbocycles. The van der Waals surface area contributed by atoms with Gasteiger partial charge in [-0.05, 0) is 73.5 Å². The molecule has 0 bridgehead atoms. The summed E-state index contributed by atoms with van der Waals surface area (Å²) in [5.74, 6) is 3.11. The topological polar surface area (TPSA) is 52.2 Å². The van der Waals surface area contributed by atoms with Crippen molar-refractivity contribution in [2.24, 2.45) is 5.92 Å². The maximum Gasteiger partial charge on any atom is 0.142 e. The van der Waals surface area contributed by atoms with Crippen molar-refractivity contribution < 1.29 is 18.9 Å². The van der Waals surface area contributed by atoms with Crippen molar-refractivity contribution in [3.8, 4) is 11.5 Å². The van der Waals surface area contributed by atoms with Gasteiger partial charge >= 0.3 is 0 Å². The Kier molecular flexibility index (Phi) is 7.89. The molecule has 5 rings (SSSR count). The van der Waals surface area contributed by atoms with Crippen LogP contribution < -0.4 is 19.7 Å². The molecule has 0 unspecified atom stereocenters. The summed E-state index contributed by atoms with van der Waals surface area (Å²) >= 11 is 0. The lowest BCUT2D eigenvalue weighted by Crippen LogP contribution is -2.41. The number of ether oxygens (including phenoxy) is 4. The van der Waals surface area contributed by atoms with Gasteiger partial charge < -0.3 is 29.2 Å². The number of nitrogens with one attached hydrogen (secondary N) is 1. The molecule has 184 valence electrons. The van der Waals surface area contributed by atoms with Gasteiger partial charge in [-0.2, -0.15) is 0 Å². The Labute approximate surface area is 203 Å². The third-order valence-corrected chi connectivity index (χ3v) is 7.14. The Morgan fingerprint density at radius 1 is 1.09 bits per heavy atom. The van der Waals surface area contributed by atoms with Gasteiger partial charge in [0.1, 0.15) is 18.1 Å². The number of anilines is 1. The van der Waals surface area contributed by atoms with Gasteiger partial charge in [-0.3, -0.25) is 0 Å². The Bertz CT molecular complexity index is 915. The van der Waals surface area contributed by atoms with Gasteiger partial charge in [0.25, 0.3) is 0 Å². The molecule has 1 aliphatic carbocycles. The van der Waals surface area contributed by atoms with E-state index >= 15 is 0 Å². The summed E-state index contributed by atoms with van der Waals surface area (Å²) in [4.78, 5) is 2.40. The first-order chi connectivity index (χ1) is 16.8. The number of rotatable bonds is 11. The minimum atomic E-state index is 0.150. The summed E-state index contributed by atoms with van der Waals surface area (Å²) in [6.45, 7) is 6.76. The van der Waals surface area contributed by atoms with Crippen LogP contribution in [0.5, 0.6) is 11.5 Å². The molecule has 1 saturated carbocycles. The lowest BCUT2D eigenvalue weighted by Gasteiger charge is -2.33. The second kappa shape index (κ2) is 11.4. The summed E-state index contributed by atoms with van der Waals surface area (Å²) in [5.41, 5.74) is 3.70. The normalized spacial score (nSPS) is 22.2. The molecule has 2 fully saturated rings. The van der Waals surface area contributed by atoms with Crippen LogP contribution in [0.4, 0.5) is 5.69 Å². The highest BCUT2D eigenvalue weighted by atomic mass is 16.5. The number of nitrogens with zero attached hydrogens (tertiary/aromatic N) is 1. The van der Waals surface area contributed by atoms with Crippen LogP contribution in [-0.2, 0) is 16.1 Å². The van der Waals surface area contributed by atoms with Crippen molar-refractivity contribution in [2.45, 2.75) is 44.3 Å². The zero-order valence-electron chi connectivity index (χ0n) is 20.3. The van der Waals surface area contributed by atoms with E-state index in [1.165, 1.54) is 29.7 Å². The first kappa shape index (κ1) is 23.5. The smallest absolute Gasteiger partial charge is 0.142 e. The molecule has 2 aliphatic heterocycles. The third-order valence-electron chi connectivity index (χ3n) is 7.14. The van der Waals surface area contributed by atoms with Gasteiger partial charge in [0, 0.05) is 32.7 Å². The van der Waals surface area contributed by atoms with Crippen LogP contribution in [0.1, 0.15) is 42.7 Å². The van der Waals surface area contributed by atoms with Crippen LogP contribution in [0.2, 0.25) is 0 Å². The lowest BCUT2D eigenvalue weighted by atomic mass is 9.87.